The van der Waals surface area contributed by atoms with Crippen molar-refractivity contribution >= 4 is 23.4 Å². The Morgan fingerprint density at radius 1 is 1.50 bits per heavy atom. The molecule has 0 bridgehead atoms. The number of nitrogens with zero attached hydrogens (tertiary/aromatic N) is 1. The third-order valence-electron chi connectivity index (χ3n) is 2.52. The number of halogens is 1. The van der Waals surface area contributed by atoms with Crippen LogP contribution in [0.25, 0.3) is 0 Å². The fourth-order valence-electron chi connectivity index (χ4n) is 1.60. The lowest BCUT2D eigenvalue weighted by Gasteiger charge is -2.18. The van der Waals surface area contributed by atoms with Gasteiger partial charge in [0.25, 0.3) is 0 Å². The standard InChI is InChI=1S/C11H12ClNO3/c1-11(7-14)6-13(10(15)16-11)9-4-2-8(12)3-5-9/h2-5,14H,6-7H2,1H3. The van der Waals surface area contributed by atoms with Crippen LogP contribution in [0.5, 0.6) is 0 Å². The zero-order valence-electron chi connectivity index (χ0n) is 8.81. The second-order valence-corrected chi connectivity index (χ2v) is 4.47. The summed E-state index contributed by atoms with van der Waals surface area (Å²) in [4.78, 5) is 13.1. The highest BCUT2D eigenvalue weighted by Gasteiger charge is 2.41. The zero-order chi connectivity index (χ0) is 11.8. The van der Waals surface area contributed by atoms with Crippen molar-refractivity contribution in [1.29, 1.82) is 0 Å². The summed E-state index contributed by atoms with van der Waals surface area (Å²) in [5, 5.41) is 9.74. The number of rotatable bonds is 2. The van der Waals surface area contributed by atoms with E-state index in [9.17, 15) is 4.79 Å². The van der Waals surface area contributed by atoms with E-state index in [4.69, 9.17) is 21.4 Å². The van der Waals surface area contributed by atoms with E-state index in [-0.39, 0.29) is 6.61 Å². The summed E-state index contributed by atoms with van der Waals surface area (Å²) in [6, 6.07) is 6.90. The number of hydrogen-bond acceptors (Lipinski definition) is 3. The molecule has 2 rings (SSSR count). The smallest absolute Gasteiger partial charge is 0.415 e. The second kappa shape index (κ2) is 3.96. The Bertz CT molecular complexity index is 406. The molecule has 1 amide bonds. The lowest BCUT2D eigenvalue weighted by atomic mass is 10.1. The number of hydrogen-bond donors (Lipinski definition) is 1. The number of anilines is 1. The summed E-state index contributed by atoms with van der Waals surface area (Å²) in [6.45, 7) is 1.84. The van der Waals surface area contributed by atoms with Gasteiger partial charge in [0.15, 0.2) is 5.60 Å². The molecule has 0 saturated carbocycles. The number of aliphatic hydroxyl groups excluding tert-OH is 1. The Morgan fingerprint density at radius 2 is 2.12 bits per heavy atom. The summed E-state index contributed by atoms with van der Waals surface area (Å²) in [6.07, 6.45) is -0.445. The van der Waals surface area contributed by atoms with E-state index in [0.717, 1.165) is 0 Å². The molecule has 1 heterocycles. The molecule has 1 aliphatic rings. The maximum absolute atomic E-state index is 11.6. The molecule has 1 fully saturated rings. The molecular formula is C11H12ClNO3. The highest BCUT2D eigenvalue weighted by atomic mass is 35.5. The molecule has 0 spiro atoms. The van der Waals surface area contributed by atoms with Gasteiger partial charge in [0.2, 0.25) is 0 Å². The summed E-state index contributed by atoms with van der Waals surface area (Å²) in [5.74, 6) is 0. The van der Waals surface area contributed by atoms with Crippen LogP contribution in [-0.2, 0) is 4.74 Å². The first-order valence-electron chi connectivity index (χ1n) is 4.91. The van der Waals surface area contributed by atoms with Gasteiger partial charge in [0, 0.05) is 10.7 Å². The van der Waals surface area contributed by atoms with Crippen LogP contribution in [0.1, 0.15) is 6.92 Å². The number of benzene rings is 1. The Kier molecular flexibility index (Phi) is 2.78. The van der Waals surface area contributed by atoms with E-state index in [1.54, 1.807) is 31.2 Å². The Morgan fingerprint density at radius 3 is 2.62 bits per heavy atom. The minimum absolute atomic E-state index is 0.192. The molecule has 0 aromatic heterocycles. The average Bonchev–Trinajstić information content (AvgIpc) is 2.57. The van der Waals surface area contributed by atoms with Gasteiger partial charge in [-0.1, -0.05) is 11.6 Å². The van der Waals surface area contributed by atoms with E-state index in [1.165, 1.54) is 4.90 Å². The van der Waals surface area contributed by atoms with Crippen LogP contribution in [0.15, 0.2) is 24.3 Å². The molecule has 1 saturated heterocycles. The minimum Gasteiger partial charge on any atom is -0.438 e. The topological polar surface area (TPSA) is 49.8 Å². The summed E-state index contributed by atoms with van der Waals surface area (Å²) >= 11 is 5.76. The molecule has 16 heavy (non-hydrogen) atoms. The highest BCUT2D eigenvalue weighted by Crippen LogP contribution is 2.28. The largest absolute Gasteiger partial charge is 0.438 e. The number of carbonyl (C=O) groups is 1. The quantitative estimate of drug-likeness (QED) is 0.862. The van der Waals surface area contributed by atoms with E-state index in [2.05, 4.69) is 0 Å². The van der Waals surface area contributed by atoms with Gasteiger partial charge >= 0.3 is 6.09 Å². The van der Waals surface area contributed by atoms with Crippen LogP contribution < -0.4 is 4.90 Å². The van der Waals surface area contributed by atoms with E-state index in [0.29, 0.717) is 17.3 Å². The van der Waals surface area contributed by atoms with Crippen LogP contribution in [0.4, 0.5) is 10.5 Å². The summed E-state index contributed by atoms with van der Waals surface area (Å²) < 4.78 is 5.10. The van der Waals surface area contributed by atoms with E-state index >= 15 is 0 Å². The monoisotopic (exact) mass is 241 g/mol. The second-order valence-electron chi connectivity index (χ2n) is 4.04. The van der Waals surface area contributed by atoms with E-state index in [1.807, 2.05) is 0 Å². The van der Waals surface area contributed by atoms with Crippen molar-refractivity contribution in [3.8, 4) is 0 Å². The lowest BCUT2D eigenvalue weighted by Crippen LogP contribution is -2.34. The minimum atomic E-state index is -0.823. The first-order chi connectivity index (χ1) is 7.54. The van der Waals surface area contributed by atoms with Gasteiger partial charge in [-0.15, -0.1) is 0 Å². The number of amides is 1. The average molecular weight is 242 g/mol. The van der Waals surface area contributed by atoms with Crippen molar-refractivity contribution in [2.75, 3.05) is 18.1 Å². The van der Waals surface area contributed by atoms with Gasteiger partial charge in [0.1, 0.15) is 0 Å². The molecule has 0 radical (unpaired) electrons. The third kappa shape index (κ3) is 1.99. The van der Waals surface area contributed by atoms with Crippen LogP contribution in [0.2, 0.25) is 5.02 Å². The fourth-order valence-corrected chi connectivity index (χ4v) is 1.72. The van der Waals surface area contributed by atoms with Crippen LogP contribution in [0.3, 0.4) is 0 Å². The fraction of sp³-hybridized carbons (Fsp3) is 0.364. The normalized spacial score (nSPS) is 24.7. The lowest BCUT2D eigenvalue weighted by molar-refractivity contribution is 0.0219. The Hall–Kier alpha value is -1.26. The summed E-state index contributed by atoms with van der Waals surface area (Å²) in [5.41, 5.74) is -0.108. The van der Waals surface area contributed by atoms with Crippen molar-refractivity contribution in [2.24, 2.45) is 0 Å². The molecule has 1 unspecified atom stereocenters. The number of aliphatic hydroxyl groups is 1. The third-order valence-corrected chi connectivity index (χ3v) is 2.77. The molecule has 1 aromatic carbocycles. The molecule has 86 valence electrons. The highest BCUT2D eigenvalue weighted by molar-refractivity contribution is 6.30. The molecule has 0 aliphatic carbocycles. The van der Waals surface area contributed by atoms with Crippen molar-refractivity contribution in [1.82, 2.24) is 0 Å². The first-order valence-corrected chi connectivity index (χ1v) is 5.29. The van der Waals surface area contributed by atoms with Crippen molar-refractivity contribution in [2.45, 2.75) is 12.5 Å². The number of cyclic esters (lactones) is 1. The first kappa shape index (κ1) is 11.2. The van der Waals surface area contributed by atoms with Crippen LogP contribution in [-0.4, -0.2) is 30.0 Å². The van der Waals surface area contributed by atoms with Gasteiger partial charge in [-0.3, -0.25) is 4.90 Å². The molecule has 1 aliphatic heterocycles. The molecule has 1 N–H and O–H groups in total. The van der Waals surface area contributed by atoms with Gasteiger partial charge in [0.05, 0.1) is 13.2 Å². The maximum Gasteiger partial charge on any atom is 0.415 e. The summed E-state index contributed by atoms with van der Waals surface area (Å²) in [7, 11) is 0. The van der Waals surface area contributed by atoms with Gasteiger partial charge in [-0.05, 0) is 31.2 Å². The van der Waals surface area contributed by atoms with Crippen molar-refractivity contribution in [3.63, 3.8) is 0 Å². The zero-order valence-corrected chi connectivity index (χ0v) is 9.57. The van der Waals surface area contributed by atoms with Crippen molar-refractivity contribution < 1.29 is 14.6 Å². The Balaban J connectivity index is 2.23. The number of ether oxygens (including phenoxy) is 1. The predicted molar refractivity (Wildman–Crippen MR) is 60.8 cm³/mol. The molecule has 5 heteroatoms. The molecular weight excluding hydrogens is 230 g/mol. The maximum atomic E-state index is 11.6. The molecule has 1 atom stereocenters. The number of carbonyl (C=O) groups excluding carboxylic acids is 1. The van der Waals surface area contributed by atoms with Crippen LogP contribution in [0, 0.1) is 0 Å². The SMILES string of the molecule is CC1(CO)CN(c2ccc(Cl)cc2)C(=O)O1. The van der Waals surface area contributed by atoms with Crippen LogP contribution >= 0.6 is 11.6 Å². The van der Waals surface area contributed by atoms with Crippen molar-refractivity contribution in [3.05, 3.63) is 29.3 Å². The predicted octanol–water partition coefficient (Wildman–Crippen LogP) is 2.05. The van der Waals surface area contributed by atoms with E-state index < -0.39 is 11.7 Å². The van der Waals surface area contributed by atoms with Gasteiger partial charge in [-0.2, -0.15) is 0 Å². The molecule has 1 aromatic rings. The molecule has 4 nitrogen and oxygen atoms in total. The van der Waals surface area contributed by atoms with Gasteiger partial charge in [-0.25, -0.2) is 4.79 Å². The van der Waals surface area contributed by atoms with Gasteiger partial charge < -0.3 is 9.84 Å². The Labute approximate surface area is 98.4 Å².